The first-order valence-corrected chi connectivity index (χ1v) is 8.56. The third-order valence-electron chi connectivity index (χ3n) is 5.23. The molecule has 1 saturated heterocycles. The van der Waals surface area contributed by atoms with Crippen LogP contribution in [-0.2, 0) is 9.53 Å². The summed E-state index contributed by atoms with van der Waals surface area (Å²) in [6, 6.07) is 0.468. The van der Waals surface area contributed by atoms with Gasteiger partial charge in [0.05, 0.1) is 6.61 Å². The zero-order valence-electron chi connectivity index (χ0n) is 14.2. The number of carbonyl (C=O) groups is 1. The van der Waals surface area contributed by atoms with Crippen LogP contribution >= 0.6 is 0 Å². The van der Waals surface area contributed by atoms with Crippen molar-refractivity contribution in [1.82, 2.24) is 10.2 Å². The molecule has 0 aromatic carbocycles. The number of ether oxygens (including phenoxy) is 1. The van der Waals surface area contributed by atoms with Crippen molar-refractivity contribution in [3.63, 3.8) is 0 Å². The zero-order chi connectivity index (χ0) is 15.5. The van der Waals surface area contributed by atoms with Gasteiger partial charge in [-0.05, 0) is 43.9 Å². The number of esters is 1. The summed E-state index contributed by atoms with van der Waals surface area (Å²) in [5.41, 5.74) is 0.412. The number of nitrogens with zero attached hydrogens (tertiary/aromatic N) is 1. The Morgan fingerprint density at radius 3 is 2.48 bits per heavy atom. The quantitative estimate of drug-likeness (QED) is 0.812. The van der Waals surface area contributed by atoms with E-state index in [1.165, 1.54) is 25.7 Å². The van der Waals surface area contributed by atoms with Gasteiger partial charge in [0, 0.05) is 25.7 Å². The van der Waals surface area contributed by atoms with Gasteiger partial charge in [-0.1, -0.05) is 20.8 Å². The molecule has 2 fully saturated rings. The molecule has 2 aliphatic rings. The first-order chi connectivity index (χ1) is 9.93. The second kappa shape index (κ2) is 7.10. The average molecular weight is 296 g/mol. The monoisotopic (exact) mass is 296 g/mol. The predicted molar refractivity (Wildman–Crippen MR) is 85.2 cm³/mol. The van der Waals surface area contributed by atoms with E-state index in [2.05, 4.69) is 31.0 Å². The molecule has 1 heterocycles. The van der Waals surface area contributed by atoms with Crippen LogP contribution in [0.2, 0.25) is 0 Å². The Labute approximate surface area is 129 Å². The molecule has 4 heteroatoms. The highest BCUT2D eigenvalue weighted by atomic mass is 16.5. The van der Waals surface area contributed by atoms with E-state index < -0.39 is 0 Å². The normalized spacial score (nSPS) is 31.9. The van der Waals surface area contributed by atoms with E-state index in [0.29, 0.717) is 18.1 Å². The molecule has 4 nitrogen and oxygen atoms in total. The largest absolute Gasteiger partial charge is 0.465 e. The maximum Gasteiger partial charge on any atom is 0.324 e. The molecule has 0 amide bonds. The van der Waals surface area contributed by atoms with Gasteiger partial charge < -0.3 is 10.1 Å². The van der Waals surface area contributed by atoms with Gasteiger partial charge in [0.15, 0.2) is 0 Å². The van der Waals surface area contributed by atoms with Crippen LogP contribution in [0.5, 0.6) is 0 Å². The van der Waals surface area contributed by atoms with Crippen molar-refractivity contribution in [3.05, 3.63) is 0 Å². The van der Waals surface area contributed by atoms with E-state index in [0.717, 1.165) is 25.6 Å². The van der Waals surface area contributed by atoms with Gasteiger partial charge >= 0.3 is 5.97 Å². The highest BCUT2D eigenvalue weighted by Gasteiger charge is 2.38. The van der Waals surface area contributed by atoms with E-state index >= 15 is 0 Å². The topological polar surface area (TPSA) is 41.6 Å². The molecular weight excluding hydrogens is 264 g/mol. The maximum atomic E-state index is 12.2. The van der Waals surface area contributed by atoms with E-state index in [9.17, 15) is 4.79 Å². The summed E-state index contributed by atoms with van der Waals surface area (Å²) in [6.07, 6.45) is 5.01. The smallest absolute Gasteiger partial charge is 0.324 e. The molecule has 1 atom stereocenters. The highest BCUT2D eigenvalue weighted by molar-refractivity contribution is 5.76. The minimum atomic E-state index is -0.0881. The van der Waals surface area contributed by atoms with E-state index in [4.69, 9.17) is 4.74 Å². The second-order valence-electron chi connectivity index (χ2n) is 7.58. The molecule has 122 valence electrons. The molecular formula is C17H32N2O2. The van der Waals surface area contributed by atoms with Crippen molar-refractivity contribution in [2.24, 2.45) is 11.3 Å². The molecule has 0 spiro atoms. The van der Waals surface area contributed by atoms with Crippen molar-refractivity contribution < 1.29 is 9.53 Å². The van der Waals surface area contributed by atoms with Crippen LogP contribution in [0, 0.1) is 11.3 Å². The van der Waals surface area contributed by atoms with Gasteiger partial charge in [-0.15, -0.1) is 0 Å². The molecule has 0 radical (unpaired) electrons. The molecule has 0 aromatic rings. The van der Waals surface area contributed by atoms with Crippen LogP contribution in [-0.4, -0.2) is 49.2 Å². The molecule has 1 unspecified atom stereocenters. The molecule has 1 saturated carbocycles. The second-order valence-corrected chi connectivity index (χ2v) is 7.58. The van der Waals surface area contributed by atoms with Crippen LogP contribution in [0.4, 0.5) is 0 Å². The van der Waals surface area contributed by atoms with Crippen LogP contribution in [0.3, 0.4) is 0 Å². The Bertz CT molecular complexity index is 343. The minimum Gasteiger partial charge on any atom is -0.465 e. The Balaban J connectivity index is 1.95. The minimum absolute atomic E-state index is 0.0531. The maximum absolute atomic E-state index is 12.2. The highest BCUT2D eigenvalue weighted by Crippen LogP contribution is 2.39. The molecule has 0 aromatic heterocycles. The molecule has 0 bridgehead atoms. The standard InChI is InChI=1S/C17H32N2O2/c1-5-21-16(20)15-12-18-10-11-19(15)14-8-6-13(7-9-14)17(2,3)4/h13-15,18H,5-12H2,1-4H3. The third kappa shape index (κ3) is 4.19. The fourth-order valence-electron chi connectivity index (χ4n) is 3.89. The SMILES string of the molecule is CCOC(=O)C1CNCCN1C1CCC(C(C)(C)C)CC1. The van der Waals surface area contributed by atoms with Crippen LogP contribution in [0.1, 0.15) is 53.4 Å². The van der Waals surface area contributed by atoms with Gasteiger partial charge in [-0.2, -0.15) is 0 Å². The van der Waals surface area contributed by atoms with Crippen molar-refractivity contribution in [1.29, 1.82) is 0 Å². The Morgan fingerprint density at radius 2 is 1.90 bits per heavy atom. The summed E-state index contributed by atoms with van der Waals surface area (Å²) < 4.78 is 5.26. The lowest BCUT2D eigenvalue weighted by Crippen LogP contribution is -2.59. The summed E-state index contributed by atoms with van der Waals surface area (Å²) in [4.78, 5) is 14.6. The van der Waals surface area contributed by atoms with Crippen molar-refractivity contribution >= 4 is 5.97 Å². The molecule has 1 aliphatic heterocycles. The number of rotatable bonds is 3. The van der Waals surface area contributed by atoms with Gasteiger partial charge in [0.1, 0.15) is 6.04 Å². The summed E-state index contributed by atoms with van der Waals surface area (Å²) in [5.74, 6) is 0.764. The summed E-state index contributed by atoms with van der Waals surface area (Å²) in [7, 11) is 0. The molecule has 1 N–H and O–H groups in total. The first-order valence-electron chi connectivity index (χ1n) is 8.56. The van der Waals surface area contributed by atoms with Crippen LogP contribution in [0.15, 0.2) is 0 Å². The van der Waals surface area contributed by atoms with E-state index in [-0.39, 0.29) is 12.0 Å². The molecule has 1 aliphatic carbocycles. The van der Waals surface area contributed by atoms with Gasteiger partial charge in [-0.25, -0.2) is 0 Å². The number of carbonyl (C=O) groups excluding carboxylic acids is 1. The number of nitrogens with one attached hydrogen (secondary N) is 1. The fraction of sp³-hybridized carbons (Fsp3) is 0.941. The van der Waals surface area contributed by atoms with Crippen LogP contribution in [0.25, 0.3) is 0 Å². The van der Waals surface area contributed by atoms with Crippen molar-refractivity contribution in [2.45, 2.75) is 65.5 Å². The Hall–Kier alpha value is -0.610. The van der Waals surface area contributed by atoms with Gasteiger partial charge in [-0.3, -0.25) is 9.69 Å². The molecule has 21 heavy (non-hydrogen) atoms. The Kier molecular flexibility index (Phi) is 5.67. The summed E-state index contributed by atoms with van der Waals surface area (Å²) in [5, 5.41) is 3.33. The van der Waals surface area contributed by atoms with Gasteiger partial charge in [0.25, 0.3) is 0 Å². The van der Waals surface area contributed by atoms with Crippen molar-refractivity contribution in [3.8, 4) is 0 Å². The lowest BCUT2D eigenvalue weighted by molar-refractivity contribution is -0.151. The average Bonchev–Trinajstić information content (AvgIpc) is 2.47. The fourth-order valence-corrected chi connectivity index (χ4v) is 3.89. The predicted octanol–water partition coefficient (Wildman–Crippen LogP) is 2.43. The van der Waals surface area contributed by atoms with E-state index in [1.807, 2.05) is 6.92 Å². The lowest BCUT2D eigenvalue weighted by Gasteiger charge is -2.45. The number of piperazine rings is 1. The number of hydrogen-bond donors (Lipinski definition) is 1. The summed E-state index contributed by atoms with van der Waals surface area (Å²) in [6.45, 7) is 12.1. The van der Waals surface area contributed by atoms with E-state index in [1.54, 1.807) is 0 Å². The number of hydrogen-bond acceptors (Lipinski definition) is 4. The Morgan fingerprint density at radius 1 is 1.24 bits per heavy atom. The zero-order valence-corrected chi connectivity index (χ0v) is 14.2. The van der Waals surface area contributed by atoms with Gasteiger partial charge in [0.2, 0.25) is 0 Å². The van der Waals surface area contributed by atoms with Crippen molar-refractivity contribution in [2.75, 3.05) is 26.2 Å². The lowest BCUT2D eigenvalue weighted by atomic mass is 9.71. The third-order valence-corrected chi connectivity index (χ3v) is 5.23. The summed E-state index contributed by atoms with van der Waals surface area (Å²) >= 11 is 0. The first kappa shape index (κ1) is 16.8. The van der Waals surface area contributed by atoms with Crippen LogP contribution < -0.4 is 5.32 Å². The molecule has 2 rings (SSSR count).